The third-order valence-corrected chi connectivity index (χ3v) is 8.49. The number of ether oxygens (including phenoxy) is 1. The molecule has 3 aromatic carbocycles. The van der Waals surface area contributed by atoms with Crippen LogP contribution in [0.2, 0.25) is 0 Å². The minimum atomic E-state index is -4.13. The van der Waals surface area contributed by atoms with Gasteiger partial charge < -0.3 is 24.4 Å². The molecule has 1 unspecified atom stereocenters. The molecule has 2 atom stereocenters. The quantitative estimate of drug-likeness (QED) is 0.274. The maximum atomic E-state index is 13.7. The highest BCUT2D eigenvalue weighted by Crippen LogP contribution is 2.29. The molecule has 1 fully saturated rings. The molecule has 2 amide bonds. The molecule has 44 heavy (non-hydrogen) atoms. The maximum Gasteiger partial charge on any atom is 0.408 e. The van der Waals surface area contributed by atoms with Crippen molar-refractivity contribution in [1.29, 1.82) is 0 Å². The molecule has 0 saturated carbocycles. The number of hydrogen-bond acceptors (Lipinski definition) is 8. The smallest absolute Gasteiger partial charge is 0.408 e. The summed E-state index contributed by atoms with van der Waals surface area (Å²) in [7, 11) is -4.13. The van der Waals surface area contributed by atoms with Crippen LogP contribution in [0.5, 0.6) is 5.75 Å². The molecule has 0 spiro atoms. The largest absolute Gasteiger partial charge is 0.573 e. The highest BCUT2D eigenvalue weighted by atomic mass is 32.3. The summed E-state index contributed by atoms with van der Waals surface area (Å²) in [6.07, 6.45) is 2.62. The van der Waals surface area contributed by atoms with Gasteiger partial charge in [0.05, 0.1) is 0 Å². The fourth-order valence-corrected chi connectivity index (χ4v) is 6.25. The summed E-state index contributed by atoms with van der Waals surface area (Å²) in [6, 6.07) is 22.1. The first-order chi connectivity index (χ1) is 21.0. The van der Waals surface area contributed by atoms with E-state index in [2.05, 4.69) is 15.2 Å². The Morgan fingerprint density at radius 3 is 2.34 bits per heavy atom. The molecular formula is C33H36N4O6S. The van der Waals surface area contributed by atoms with E-state index < -0.39 is 28.2 Å². The Morgan fingerprint density at radius 1 is 0.955 bits per heavy atom. The molecule has 10 nitrogen and oxygen atoms in total. The van der Waals surface area contributed by atoms with E-state index in [9.17, 15) is 18.4 Å². The number of amides is 2. The number of pyridine rings is 1. The van der Waals surface area contributed by atoms with Crippen LogP contribution in [0.25, 0.3) is 10.8 Å². The lowest BCUT2D eigenvalue weighted by Crippen LogP contribution is -2.56. The van der Waals surface area contributed by atoms with Crippen molar-refractivity contribution in [3.05, 3.63) is 96.8 Å². The molecular weight excluding hydrogens is 580 g/mol. The zero-order valence-electron chi connectivity index (χ0n) is 25.0. The van der Waals surface area contributed by atoms with E-state index in [-0.39, 0.29) is 23.0 Å². The van der Waals surface area contributed by atoms with Crippen molar-refractivity contribution in [3.63, 3.8) is 0 Å². The van der Waals surface area contributed by atoms with Crippen LogP contribution in [0.1, 0.15) is 26.3 Å². The Hall–Kier alpha value is -4.48. The summed E-state index contributed by atoms with van der Waals surface area (Å²) in [5, 5.41) is 3.95. The second-order valence-electron chi connectivity index (χ2n) is 11.6. The van der Waals surface area contributed by atoms with Gasteiger partial charge in [-0.15, -0.1) is 0 Å². The number of nitrogens with zero attached hydrogens (tertiary/aromatic N) is 3. The highest BCUT2D eigenvalue weighted by Gasteiger charge is 2.31. The van der Waals surface area contributed by atoms with Crippen molar-refractivity contribution < 1.29 is 27.3 Å². The summed E-state index contributed by atoms with van der Waals surface area (Å²) < 4.78 is 37.2. The number of carbonyl (C=O) groups is 2. The topological polar surface area (TPSA) is 124 Å². The summed E-state index contributed by atoms with van der Waals surface area (Å²) in [6.45, 7) is 7.63. The van der Waals surface area contributed by atoms with Crippen molar-refractivity contribution in [2.75, 3.05) is 31.1 Å². The second kappa shape index (κ2) is 13.0. The van der Waals surface area contributed by atoms with Crippen LogP contribution < -0.4 is 14.4 Å². The van der Waals surface area contributed by atoms with Gasteiger partial charge in [0, 0.05) is 61.5 Å². The number of rotatable bonds is 8. The molecule has 5 rings (SSSR count). The van der Waals surface area contributed by atoms with E-state index in [4.69, 9.17) is 8.92 Å². The van der Waals surface area contributed by atoms with Gasteiger partial charge in [-0.3, -0.25) is 14.0 Å². The van der Waals surface area contributed by atoms with Crippen LogP contribution in [-0.2, 0) is 30.7 Å². The Labute approximate surface area is 258 Å². The number of aromatic nitrogens is 1. The number of para-hydroxylation sites is 1. The van der Waals surface area contributed by atoms with Gasteiger partial charge in [-0.05, 0) is 62.7 Å². The first-order valence-electron chi connectivity index (χ1n) is 14.4. The number of alkyl carbamates (subject to hydrolysis) is 1. The molecule has 1 aromatic heterocycles. The third kappa shape index (κ3) is 7.72. The summed E-state index contributed by atoms with van der Waals surface area (Å²) in [4.78, 5) is 34.5. The molecule has 230 valence electrons. The lowest BCUT2D eigenvalue weighted by molar-refractivity contribution is -0.133. The van der Waals surface area contributed by atoms with E-state index in [1.54, 1.807) is 62.2 Å². The van der Waals surface area contributed by atoms with Crippen molar-refractivity contribution in [1.82, 2.24) is 15.2 Å². The SMILES string of the molecule is CC(C)(C)OC(=O)N[C@@H](Cc1ccc(O[S+](=O)([O-])c2cccc3cnccc23)cc1)C(=O)N1CCN(c2ccccc2)CC1. The monoisotopic (exact) mass is 616 g/mol. The average Bonchev–Trinajstić information content (AvgIpc) is 3.00. The van der Waals surface area contributed by atoms with E-state index in [1.165, 1.54) is 24.4 Å². The van der Waals surface area contributed by atoms with Crippen LogP contribution in [0.15, 0.2) is 96.2 Å². The van der Waals surface area contributed by atoms with Crippen molar-refractivity contribution in [2.24, 2.45) is 0 Å². The zero-order valence-corrected chi connectivity index (χ0v) is 25.8. The minimum absolute atomic E-state index is 0.0426. The van der Waals surface area contributed by atoms with E-state index in [0.717, 1.165) is 5.69 Å². The Morgan fingerprint density at radius 2 is 1.66 bits per heavy atom. The van der Waals surface area contributed by atoms with Crippen molar-refractivity contribution >= 4 is 39.0 Å². The summed E-state index contributed by atoms with van der Waals surface area (Å²) in [5.74, 6) is -0.0864. The van der Waals surface area contributed by atoms with E-state index >= 15 is 0 Å². The van der Waals surface area contributed by atoms with Gasteiger partial charge in [0.1, 0.15) is 11.6 Å². The third-order valence-electron chi connectivity index (χ3n) is 7.18. The number of piperazine rings is 1. The van der Waals surface area contributed by atoms with Gasteiger partial charge in [-0.2, -0.15) is 0 Å². The molecule has 0 radical (unpaired) electrons. The van der Waals surface area contributed by atoms with E-state index in [0.29, 0.717) is 42.5 Å². The molecule has 0 aliphatic carbocycles. The molecule has 11 heteroatoms. The van der Waals surface area contributed by atoms with E-state index in [1.807, 2.05) is 30.3 Å². The van der Waals surface area contributed by atoms with Gasteiger partial charge in [-0.1, -0.05) is 46.7 Å². The number of anilines is 1. The maximum absolute atomic E-state index is 13.7. The summed E-state index contributed by atoms with van der Waals surface area (Å²) in [5.41, 5.74) is 1.08. The van der Waals surface area contributed by atoms with Crippen LogP contribution in [-0.4, -0.2) is 64.3 Å². The molecule has 1 aliphatic rings. The molecule has 1 saturated heterocycles. The standard InChI is InChI=1S/C33H36N4O6S/c1-33(2,3)42-32(39)35-29(31(38)37-20-18-36(19-21-37)26-9-5-4-6-10-26)22-24-12-14-27(15-13-24)43-44(40,41)30-11-7-8-25-23-34-17-16-28(25)30/h4-17,23,29H,18-22H2,1-3H3,(H-,35,39,40,41)/t29-/m0/s1. The number of fused-ring (bicyclic) bond motifs is 1. The lowest BCUT2D eigenvalue weighted by atomic mass is 10.0. The molecule has 1 N–H and O–H groups in total. The van der Waals surface area contributed by atoms with Gasteiger partial charge in [-0.25, -0.2) is 4.79 Å². The van der Waals surface area contributed by atoms with Crippen LogP contribution in [0, 0.1) is 0 Å². The van der Waals surface area contributed by atoms with Crippen LogP contribution in [0.3, 0.4) is 0 Å². The molecule has 2 heterocycles. The van der Waals surface area contributed by atoms with Crippen molar-refractivity contribution in [2.45, 2.75) is 43.7 Å². The lowest BCUT2D eigenvalue weighted by Gasteiger charge is -2.37. The van der Waals surface area contributed by atoms with Crippen LogP contribution >= 0.6 is 0 Å². The predicted octanol–water partition coefficient (Wildman–Crippen LogP) is 5.00. The molecule has 0 bridgehead atoms. The number of hydrogen-bond donors (Lipinski definition) is 1. The number of nitrogens with one attached hydrogen (secondary N) is 1. The first kappa shape index (κ1) is 31.0. The summed E-state index contributed by atoms with van der Waals surface area (Å²) >= 11 is 0. The van der Waals surface area contributed by atoms with Crippen molar-refractivity contribution in [3.8, 4) is 5.75 Å². The molecule has 1 aliphatic heterocycles. The average molecular weight is 617 g/mol. The zero-order chi connectivity index (χ0) is 31.3. The Kier molecular flexibility index (Phi) is 9.17. The number of carbonyl (C=O) groups excluding carboxylic acids is 2. The van der Waals surface area contributed by atoms with Gasteiger partial charge in [0.2, 0.25) is 10.8 Å². The number of benzene rings is 3. The first-order valence-corrected chi connectivity index (χ1v) is 15.8. The van der Waals surface area contributed by atoms with Crippen LogP contribution in [0.4, 0.5) is 10.5 Å². The Bertz CT molecular complexity index is 1650. The van der Waals surface area contributed by atoms with Gasteiger partial charge in [0.15, 0.2) is 5.75 Å². The van der Waals surface area contributed by atoms with Gasteiger partial charge in [0.25, 0.3) is 10.5 Å². The second-order valence-corrected chi connectivity index (χ2v) is 13.1. The highest BCUT2D eigenvalue weighted by molar-refractivity contribution is 7.93. The predicted molar refractivity (Wildman–Crippen MR) is 168 cm³/mol. The Balaban J connectivity index is 1.28. The normalized spacial score (nSPS) is 15.7. The van der Waals surface area contributed by atoms with Gasteiger partial charge >= 0.3 is 6.09 Å². The minimum Gasteiger partial charge on any atom is -0.573 e. The fraction of sp³-hybridized carbons (Fsp3) is 0.303. The molecule has 4 aromatic rings. The fourth-order valence-electron chi connectivity index (χ4n) is 5.09.